The van der Waals surface area contributed by atoms with Crippen LogP contribution in [0.5, 0.6) is 0 Å². The van der Waals surface area contributed by atoms with Crippen LogP contribution in [0, 0.1) is 0 Å². The molecule has 0 amide bonds. The molecule has 1 aromatic heterocycles. The second-order valence-corrected chi connectivity index (χ2v) is 5.30. The fourth-order valence-electron chi connectivity index (χ4n) is 3.17. The molecule has 1 aromatic rings. The Morgan fingerprint density at radius 2 is 2.11 bits per heavy atom. The fraction of sp³-hybridized carbons (Fsp3) is 0.769. The first kappa shape index (κ1) is 12.1. The number of fused-ring (bicyclic) bond motifs is 1. The zero-order chi connectivity index (χ0) is 12.5. The Bertz CT molecular complexity index is 406. The number of likely N-dealkylation sites (N-methyl/N-ethyl adjacent to an activating group) is 1. The van der Waals surface area contributed by atoms with E-state index in [1.807, 2.05) is 6.33 Å². The smallest absolute Gasteiger partial charge is 0.0950 e. The molecule has 0 spiro atoms. The normalized spacial score (nSPS) is 26.2. The van der Waals surface area contributed by atoms with E-state index >= 15 is 0 Å². The minimum Gasteiger partial charge on any atom is -0.336 e. The van der Waals surface area contributed by atoms with E-state index in [1.165, 1.54) is 44.1 Å². The lowest BCUT2D eigenvalue weighted by molar-refractivity contribution is 0.0917. The number of imidazole rings is 1. The van der Waals surface area contributed by atoms with Crippen LogP contribution in [0.3, 0.4) is 0 Å². The third-order valence-corrected chi connectivity index (χ3v) is 4.30. The van der Waals surface area contributed by atoms with Crippen LogP contribution < -0.4 is 5.32 Å². The predicted octanol–water partition coefficient (Wildman–Crippen LogP) is 0.202. The molecule has 1 unspecified atom stereocenters. The third kappa shape index (κ3) is 2.06. The molecule has 5 heteroatoms. The van der Waals surface area contributed by atoms with Gasteiger partial charge in [0.2, 0.25) is 0 Å². The molecule has 2 aliphatic heterocycles. The van der Waals surface area contributed by atoms with Gasteiger partial charge in [0, 0.05) is 46.3 Å². The second-order valence-electron chi connectivity index (χ2n) is 5.30. The van der Waals surface area contributed by atoms with Crippen molar-refractivity contribution < 1.29 is 0 Å². The average Bonchev–Trinajstić information content (AvgIpc) is 2.81. The number of hydrogen-bond donors (Lipinski definition) is 1. The van der Waals surface area contributed by atoms with Crippen molar-refractivity contribution in [2.45, 2.75) is 19.5 Å². The Hall–Kier alpha value is -0.910. The van der Waals surface area contributed by atoms with Crippen LogP contribution >= 0.6 is 0 Å². The number of aromatic nitrogens is 2. The maximum absolute atomic E-state index is 4.50. The minimum absolute atomic E-state index is 0.500. The Morgan fingerprint density at radius 1 is 1.33 bits per heavy atom. The van der Waals surface area contributed by atoms with Crippen molar-refractivity contribution in [3.05, 3.63) is 17.7 Å². The maximum Gasteiger partial charge on any atom is 0.0950 e. The quantitative estimate of drug-likeness (QED) is 0.812. The topological polar surface area (TPSA) is 36.3 Å². The lowest BCUT2D eigenvalue weighted by Gasteiger charge is -2.40. The second kappa shape index (κ2) is 4.99. The molecule has 0 saturated carbocycles. The first-order chi connectivity index (χ1) is 8.79. The van der Waals surface area contributed by atoms with Crippen molar-refractivity contribution in [1.29, 1.82) is 0 Å². The molecule has 0 aliphatic carbocycles. The Balaban J connectivity index is 1.76. The highest BCUT2D eigenvalue weighted by atomic mass is 15.3. The van der Waals surface area contributed by atoms with E-state index < -0.39 is 0 Å². The standard InChI is InChI=1S/C13H23N5/c1-3-17-4-6-18(7-5-17)12-9-14-8-11-13(12)16(2)10-15-11/h10,12,14H,3-9H2,1-2H3. The number of nitrogens with one attached hydrogen (secondary N) is 1. The first-order valence-electron chi connectivity index (χ1n) is 6.96. The number of piperazine rings is 1. The minimum atomic E-state index is 0.500. The van der Waals surface area contributed by atoms with Crippen LogP contribution in [0.2, 0.25) is 0 Å². The molecule has 100 valence electrons. The largest absolute Gasteiger partial charge is 0.336 e. The summed E-state index contributed by atoms with van der Waals surface area (Å²) in [6.07, 6.45) is 1.95. The van der Waals surface area contributed by atoms with Crippen LogP contribution in [0.15, 0.2) is 6.33 Å². The van der Waals surface area contributed by atoms with Gasteiger partial charge in [0.25, 0.3) is 0 Å². The van der Waals surface area contributed by atoms with Crippen molar-refractivity contribution in [3.8, 4) is 0 Å². The predicted molar refractivity (Wildman–Crippen MR) is 71.3 cm³/mol. The summed E-state index contributed by atoms with van der Waals surface area (Å²) in [4.78, 5) is 9.63. The van der Waals surface area contributed by atoms with E-state index in [0.717, 1.165) is 13.1 Å². The summed E-state index contributed by atoms with van der Waals surface area (Å²) in [5.41, 5.74) is 2.64. The summed E-state index contributed by atoms with van der Waals surface area (Å²) in [6, 6.07) is 0.500. The monoisotopic (exact) mass is 249 g/mol. The third-order valence-electron chi connectivity index (χ3n) is 4.30. The Labute approximate surface area is 109 Å². The summed E-state index contributed by atoms with van der Waals surface area (Å²) >= 11 is 0. The van der Waals surface area contributed by atoms with Gasteiger partial charge in [0.15, 0.2) is 0 Å². The molecular weight excluding hydrogens is 226 g/mol. The lowest BCUT2D eigenvalue weighted by Crippen LogP contribution is -2.50. The highest BCUT2D eigenvalue weighted by Gasteiger charge is 2.30. The number of aryl methyl sites for hydroxylation is 1. The van der Waals surface area contributed by atoms with Crippen LogP contribution in [0.25, 0.3) is 0 Å². The molecule has 0 radical (unpaired) electrons. The number of rotatable bonds is 2. The summed E-state index contributed by atoms with van der Waals surface area (Å²) < 4.78 is 2.20. The number of nitrogens with zero attached hydrogens (tertiary/aromatic N) is 4. The number of hydrogen-bond acceptors (Lipinski definition) is 4. The van der Waals surface area contributed by atoms with Gasteiger partial charge in [-0.25, -0.2) is 4.98 Å². The zero-order valence-electron chi connectivity index (χ0n) is 11.4. The van der Waals surface area contributed by atoms with E-state index in [2.05, 4.69) is 38.6 Å². The summed E-state index contributed by atoms with van der Waals surface area (Å²) in [5, 5.41) is 3.50. The molecule has 1 atom stereocenters. The average molecular weight is 249 g/mol. The molecule has 0 aromatic carbocycles. The van der Waals surface area contributed by atoms with Gasteiger partial charge in [0.1, 0.15) is 0 Å². The van der Waals surface area contributed by atoms with E-state index in [0.29, 0.717) is 6.04 Å². The van der Waals surface area contributed by atoms with Crippen LogP contribution in [0.1, 0.15) is 24.4 Å². The first-order valence-corrected chi connectivity index (χ1v) is 6.96. The van der Waals surface area contributed by atoms with E-state index in [9.17, 15) is 0 Å². The molecule has 5 nitrogen and oxygen atoms in total. The Kier molecular flexibility index (Phi) is 3.37. The maximum atomic E-state index is 4.50. The molecule has 3 heterocycles. The summed E-state index contributed by atoms with van der Waals surface area (Å²) in [6.45, 7) is 10.1. The molecule has 3 rings (SSSR count). The highest BCUT2D eigenvalue weighted by Crippen LogP contribution is 2.26. The van der Waals surface area contributed by atoms with Crippen molar-refractivity contribution in [2.75, 3.05) is 39.3 Å². The van der Waals surface area contributed by atoms with Gasteiger partial charge in [-0.1, -0.05) is 6.92 Å². The Morgan fingerprint density at radius 3 is 2.83 bits per heavy atom. The molecule has 0 bridgehead atoms. The van der Waals surface area contributed by atoms with Crippen LogP contribution in [0.4, 0.5) is 0 Å². The molecule has 1 fully saturated rings. The van der Waals surface area contributed by atoms with E-state index in [1.54, 1.807) is 0 Å². The summed E-state index contributed by atoms with van der Waals surface area (Å²) in [7, 11) is 2.12. The molecule has 2 aliphatic rings. The van der Waals surface area contributed by atoms with Crippen molar-refractivity contribution >= 4 is 0 Å². The summed E-state index contributed by atoms with van der Waals surface area (Å²) in [5.74, 6) is 0. The van der Waals surface area contributed by atoms with Gasteiger partial charge in [-0.15, -0.1) is 0 Å². The highest BCUT2D eigenvalue weighted by molar-refractivity contribution is 5.21. The lowest BCUT2D eigenvalue weighted by atomic mass is 10.0. The molecular formula is C13H23N5. The van der Waals surface area contributed by atoms with E-state index in [4.69, 9.17) is 0 Å². The van der Waals surface area contributed by atoms with Gasteiger partial charge >= 0.3 is 0 Å². The van der Waals surface area contributed by atoms with Crippen LogP contribution in [-0.2, 0) is 13.6 Å². The SMILES string of the molecule is CCN1CCN(C2CNCc3ncn(C)c32)CC1. The fourth-order valence-corrected chi connectivity index (χ4v) is 3.17. The molecule has 18 heavy (non-hydrogen) atoms. The van der Waals surface area contributed by atoms with Gasteiger partial charge < -0.3 is 14.8 Å². The van der Waals surface area contributed by atoms with Gasteiger partial charge in [0.05, 0.1) is 23.8 Å². The molecule has 1 N–H and O–H groups in total. The van der Waals surface area contributed by atoms with Crippen molar-refractivity contribution in [2.24, 2.45) is 7.05 Å². The molecule has 1 saturated heterocycles. The zero-order valence-corrected chi connectivity index (χ0v) is 11.4. The van der Waals surface area contributed by atoms with E-state index in [-0.39, 0.29) is 0 Å². The van der Waals surface area contributed by atoms with Crippen molar-refractivity contribution in [3.63, 3.8) is 0 Å². The van der Waals surface area contributed by atoms with Gasteiger partial charge in [-0.3, -0.25) is 4.90 Å². The van der Waals surface area contributed by atoms with Gasteiger partial charge in [-0.05, 0) is 6.54 Å². The van der Waals surface area contributed by atoms with Crippen LogP contribution in [-0.4, -0.2) is 58.6 Å². The van der Waals surface area contributed by atoms with Gasteiger partial charge in [-0.2, -0.15) is 0 Å². The van der Waals surface area contributed by atoms with Crippen molar-refractivity contribution in [1.82, 2.24) is 24.7 Å².